The van der Waals surface area contributed by atoms with Crippen LogP contribution in [-0.4, -0.2) is 21.9 Å². The van der Waals surface area contributed by atoms with Gasteiger partial charge in [0.1, 0.15) is 0 Å². The number of aromatic nitrogens is 2. The Morgan fingerprint density at radius 2 is 2.00 bits per heavy atom. The Hall–Kier alpha value is -2.51. The van der Waals surface area contributed by atoms with Crippen LogP contribution in [0.4, 0.5) is 0 Å². The van der Waals surface area contributed by atoms with Crippen molar-refractivity contribution in [1.29, 1.82) is 0 Å². The Labute approximate surface area is 158 Å². The molecule has 0 radical (unpaired) electrons. The quantitative estimate of drug-likeness (QED) is 0.437. The maximum Gasteiger partial charge on any atom is 0.306 e. The summed E-state index contributed by atoms with van der Waals surface area (Å²) >= 11 is 6.98. The van der Waals surface area contributed by atoms with E-state index in [1.807, 2.05) is 31.2 Å². The van der Waals surface area contributed by atoms with Crippen LogP contribution < -0.4 is 0 Å². The number of nitrogens with zero attached hydrogens (tertiary/aromatic N) is 2. The Morgan fingerprint density at radius 3 is 2.73 bits per heavy atom. The van der Waals surface area contributed by atoms with Crippen LogP contribution >= 0.6 is 22.9 Å². The Bertz CT molecular complexity index is 935. The van der Waals surface area contributed by atoms with Gasteiger partial charge in [-0.2, -0.15) is 4.98 Å². The molecule has 134 valence electrons. The summed E-state index contributed by atoms with van der Waals surface area (Å²) in [6, 6.07) is 10.9. The van der Waals surface area contributed by atoms with Gasteiger partial charge >= 0.3 is 5.97 Å². The number of carbonyl (C=O) groups excluding carboxylic acids is 2. The van der Waals surface area contributed by atoms with Gasteiger partial charge in [0.25, 0.3) is 5.89 Å². The van der Waals surface area contributed by atoms with E-state index in [0.717, 1.165) is 11.1 Å². The number of esters is 1. The molecule has 0 amide bonds. The standard InChI is InChI=1S/C18H15ClN2O4S/c1-11-4-2-3-5-12(11)18-20-16(25-21-18)10-24-17(23)9-6-13(22)14-7-8-15(19)26-14/h2-5,7-8H,6,9-10H2,1H3. The molecule has 0 unspecified atom stereocenters. The lowest BCUT2D eigenvalue weighted by atomic mass is 10.1. The minimum absolute atomic E-state index is 0.0207. The molecule has 6 nitrogen and oxygen atoms in total. The summed E-state index contributed by atoms with van der Waals surface area (Å²) in [5, 5.41) is 3.90. The van der Waals surface area contributed by atoms with Crippen LogP contribution in [0.15, 0.2) is 40.9 Å². The summed E-state index contributed by atoms with van der Waals surface area (Å²) in [7, 11) is 0. The fourth-order valence-electron chi connectivity index (χ4n) is 2.26. The van der Waals surface area contributed by atoms with Crippen LogP contribution in [0, 0.1) is 6.92 Å². The molecule has 0 N–H and O–H groups in total. The van der Waals surface area contributed by atoms with Gasteiger partial charge in [-0.3, -0.25) is 9.59 Å². The summed E-state index contributed by atoms with van der Waals surface area (Å²) in [5.74, 6) is 0.00185. The maximum absolute atomic E-state index is 11.9. The maximum atomic E-state index is 11.9. The molecule has 0 saturated heterocycles. The SMILES string of the molecule is Cc1ccccc1-c1noc(COC(=O)CCC(=O)c2ccc(Cl)s2)n1. The number of aryl methyl sites for hydroxylation is 1. The molecule has 2 heterocycles. The highest BCUT2D eigenvalue weighted by molar-refractivity contribution is 7.18. The molecule has 0 aliphatic carbocycles. The molecule has 0 spiro atoms. The van der Waals surface area contributed by atoms with E-state index in [4.69, 9.17) is 20.9 Å². The predicted octanol–water partition coefficient (Wildman–Crippen LogP) is 4.47. The van der Waals surface area contributed by atoms with E-state index in [1.165, 1.54) is 11.3 Å². The first-order valence-corrected chi connectivity index (χ1v) is 9.05. The van der Waals surface area contributed by atoms with Gasteiger partial charge in [0.2, 0.25) is 5.82 Å². The van der Waals surface area contributed by atoms with Crippen molar-refractivity contribution in [2.24, 2.45) is 0 Å². The minimum atomic E-state index is -0.503. The summed E-state index contributed by atoms with van der Waals surface area (Å²) in [6.07, 6.45) is 0.0428. The Kier molecular flexibility index (Phi) is 5.80. The van der Waals surface area contributed by atoms with Crippen molar-refractivity contribution >= 4 is 34.7 Å². The van der Waals surface area contributed by atoms with Crippen molar-refractivity contribution in [3.05, 3.63) is 57.1 Å². The molecular formula is C18H15ClN2O4S. The zero-order valence-corrected chi connectivity index (χ0v) is 15.5. The molecule has 1 aromatic carbocycles. The van der Waals surface area contributed by atoms with Crippen molar-refractivity contribution < 1.29 is 18.8 Å². The number of hydrogen-bond donors (Lipinski definition) is 0. The monoisotopic (exact) mass is 390 g/mol. The largest absolute Gasteiger partial charge is 0.456 e. The predicted molar refractivity (Wildman–Crippen MR) is 97.2 cm³/mol. The first-order valence-electron chi connectivity index (χ1n) is 7.85. The third-order valence-electron chi connectivity index (χ3n) is 3.61. The van der Waals surface area contributed by atoms with Crippen molar-refractivity contribution in [1.82, 2.24) is 10.1 Å². The van der Waals surface area contributed by atoms with Crippen molar-refractivity contribution in [3.8, 4) is 11.4 Å². The first-order chi connectivity index (χ1) is 12.5. The van der Waals surface area contributed by atoms with Crippen LogP contribution in [0.3, 0.4) is 0 Å². The third-order valence-corrected chi connectivity index (χ3v) is 4.89. The Morgan fingerprint density at radius 1 is 1.19 bits per heavy atom. The van der Waals surface area contributed by atoms with Gasteiger partial charge in [0.15, 0.2) is 12.4 Å². The van der Waals surface area contributed by atoms with E-state index in [2.05, 4.69) is 10.1 Å². The molecule has 0 aliphatic heterocycles. The highest BCUT2D eigenvalue weighted by atomic mass is 35.5. The Balaban J connectivity index is 1.49. The number of halogens is 1. The highest BCUT2D eigenvalue weighted by Gasteiger charge is 2.15. The minimum Gasteiger partial charge on any atom is -0.456 e. The number of ether oxygens (including phenoxy) is 1. The zero-order chi connectivity index (χ0) is 18.5. The van der Waals surface area contributed by atoms with E-state index in [1.54, 1.807) is 12.1 Å². The van der Waals surface area contributed by atoms with E-state index >= 15 is 0 Å². The molecule has 0 bridgehead atoms. The molecule has 0 aliphatic rings. The average Bonchev–Trinajstić information content (AvgIpc) is 3.27. The molecule has 3 aromatic rings. The van der Waals surface area contributed by atoms with Crippen LogP contribution in [0.25, 0.3) is 11.4 Å². The zero-order valence-electron chi connectivity index (χ0n) is 13.9. The fraction of sp³-hybridized carbons (Fsp3) is 0.222. The van der Waals surface area contributed by atoms with Crippen molar-refractivity contribution in [2.45, 2.75) is 26.4 Å². The normalized spacial score (nSPS) is 10.7. The average molecular weight is 391 g/mol. The number of ketones is 1. The van der Waals surface area contributed by atoms with Gasteiger partial charge < -0.3 is 9.26 Å². The smallest absolute Gasteiger partial charge is 0.306 e. The molecule has 3 rings (SSSR count). The molecule has 0 atom stereocenters. The molecule has 8 heteroatoms. The second-order valence-corrected chi connectivity index (χ2v) is 7.23. The van der Waals surface area contributed by atoms with Crippen molar-refractivity contribution in [3.63, 3.8) is 0 Å². The summed E-state index contributed by atoms with van der Waals surface area (Å²) < 4.78 is 10.7. The number of rotatable bonds is 7. The van der Waals surface area contributed by atoms with Gasteiger partial charge in [-0.05, 0) is 24.6 Å². The molecule has 26 heavy (non-hydrogen) atoms. The van der Waals surface area contributed by atoms with Gasteiger partial charge in [-0.25, -0.2) is 0 Å². The second kappa shape index (κ2) is 8.25. The van der Waals surface area contributed by atoms with Gasteiger partial charge in [0.05, 0.1) is 15.6 Å². The van der Waals surface area contributed by atoms with E-state index in [9.17, 15) is 9.59 Å². The molecule has 0 fully saturated rings. The summed E-state index contributed by atoms with van der Waals surface area (Å²) in [4.78, 5) is 28.5. The van der Waals surface area contributed by atoms with E-state index in [-0.39, 0.29) is 31.1 Å². The number of Topliss-reactive ketones (excluding diaryl/α,β-unsaturated/α-hetero) is 1. The second-order valence-electron chi connectivity index (χ2n) is 5.51. The molecule has 2 aromatic heterocycles. The van der Waals surface area contributed by atoms with Gasteiger partial charge in [-0.1, -0.05) is 41.0 Å². The van der Waals surface area contributed by atoms with E-state index < -0.39 is 5.97 Å². The lowest BCUT2D eigenvalue weighted by Gasteiger charge is -2.01. The topological polar surface area (TPSA) is 82.3 Å². The number of thiophene rings is 1. The lowest BCUT2D eigenvalue weighted by molar-refractivity contribution is -0.145. The lowest BCUT2D eigenvalue weighted by Crippen LogP contribution is -2.07. The third kappa shape index (κ3) is 4.56. The highest BCUT2D eigenvalue weighted by Crippen LogP contribution is 2.23. The van der Waals surface area contributed by atoms with Crippen molar-refractivity contribution in [2.75, 3.05) is 0 Å². The fourth-order valence-corrected chi connectivity index (χ4v) is 3.27. The summed E-state index contributed by atoms with van der Waals surface area (Å²) in [6.45, 7) is 1.82. The molecule has 0 saturated carbocycles. The van der Waals surface area contributed by atoms with Crippen LogP contribution in [-0.2, 0) is 16.1 Å². The first kappa shape index (κ1) is 18.3. The van der Waals surface area contributed by atoms with Gasteiger partial charge in [0, 0.05) is 12.0 Å². The van der Waals surface area contributed by atoms with Crippen LogP contribution in [0.5, 0.6) is 0 Å². The number of benzene rings is 1. The van der Waals surface area contributed by atoms with Gasteiger partial charge in [-0.15, -0.1) is 11.3 Å². The number of hydrogen-bond acceptors (Lipinski definition) is 7. The van der Waals surface area contributed by atoms with E-state index in [0.29, 0.717) is 15.0 Å². The number of carbonyl (C=O) groups is 2. The van der Waals surface area contributed by atoms with Crippen LogP contribution in [0.1, 0.15) is 34.0 Å². The van der Waals surface area contributed by atoms with Crippen LogP contribution in [0.2, 0.25) is 4.34 Å². The molecular weight excluding hydrogens is 376 g/mol. The summed E-state index contributed by atoms with van der Waals surface area (Å²) in [5.41, 5.74) is 1.87.